The quantitative estimate of drug-likeness (QED) is 0.817. The Hall–Kier alpha value is -1.16. The number of aromatic nitrogens is 2. The third-order valence-electron chi connectivity index (χ3n) is 2.60. The fourth-order valence-corrected chi connectivity index (χ4v) is 2.50. The van der Waals surface area contributed by atoms with Crippen LogP contribution in [-0.4, -0.2) is 9.97 Å². The molecule has 0 amide bonds. The molecule has 3 nitrogen and oxygen atoms in total. The molecule has 0 N–H and O–H groups in total. The minimum absolute atomic E-state index is 0.200. The molecule has 0 aliphatic heterocycles. The summed E-state index contributed by atoms with van der Waals surface area (Å²) in [7, 11) is 0. The molecular formula is C12H16N2OS. The van der Waals surface area contributed by atoms with Gasteiger partial charge in [0.1, 0.15) is 6.26 Å². The van der Waals surface area contributed by atoms with Crippen molar-refractivity contribution in [1.29, 1.82) is 0 Å². The molecule has 2 aromatic rings. The predicted octanol–water partition coefficient (Wildman–Crippen LogP) is 3.58. The molecule has 0 fully saturated rings. The van der Waals surface area contributed by atoms with Gasteiger partial charge in [-0.05, 0) is 13.8 Å². The Bertz CT molecular complexity index is 457. The maximum atomic E-state index is 5.39. The van der Waals surface area contributed by atoms with Crippen molar-refractivity contribution in [3.8, 4) is 0 Å². The zero-order chi connectivity index (χ0) is 11.8. The van der Waals surface area contributed by atoms with Gasteiger partial charge in [-0.3, -0.25) is 0 Å². The van der Waals surface area contributed by atoms with E-state index in [-0.39, 0.29) is 5.41 Å². The lowest BCUT2D eigenvalue weighted by molar-refractivity contribution is 0.416. The number of nitrogens with zero attached hydrogens (tertiary/aromatic N) is 2. The smallest absolute Gasteiger partial charge is 0.204 e. The normalized spacial score (nSPS) is 12.3. The molecule has 2 aromatic heterocycles. The number of rotatable bonds is 3. The molecule has 0 aromatic carbocycles. The predicted molar refractivity (Wildman–Crippen MR) is 64.8 cm³/mol. The van der Waals surface area contributed by atoms with E-state index in [4.69, 9.17) is 4.42 Å². The Labute approximate surface area is 99.6 Å². The Morgan fingerprint density at radius 3 is 2.56 bits per heavy atom. The molecule has 0 atom stereocenters. The molecule has 0 radical (unpaired) electrons. The molecule has 0 saturated heterocycles. The van der Waals surface area contributed by atoms with E-state index in [0.717, 1.165) is 10.9 Å². The average molecular weight is 236 g/mol. The standard InChI is InChI=1S/C12H16N2OS/c1-8(2)10-14-7-9(16-10)12(3,4)11-13-5-6-15-11/h5-8H,1-4H3. The van der Waals surface area contributed by atoms with Crippen molar-refractivity contribution in [2.45, 2.75) is 39.0 Å². The fourth-order valence-electron chi connectivity index (χ4n) is 1.48. The van der Waals surface area contributed by atoms with Gasteiger partial charge in [-0.2, -0.15) is 0 Å². The van der Waals surface area contributed by atoms with Crippen molar-refractivity contribution < 1.29 is 4.42 Å². The SMILES string of the molecule is CC(C)c1ncc(C(C)(C)c2ncco2)s1. The Kier molecular flexibility index (Phi) is 2.84. The van der Waals surface area contributed by atoms with Crippen LogP contribution in [0.25, 0.3) is 0 Å². The van der Waals surface area contributed by atoms with Crippen molar-refractivity contribution in [1.82, 2.24) is 9.97 Å². The third kappa shape index (κ3) is 1.89. The van der Waals surface area contributed by atoms with Gasteiger partial charge in [0.25, 0.3) is 0 Å². The van der Waals surface area contributed by atoms with E-state index in [9.17, 15) is 0 Å². The summed E-state index contributed by atoms with van der Waals surface area (Å²) < 4.78 is 5.39. The maximum Gasteiger partial charge on any atom is 0.204 e. The first-order valence-corrected chi connectivity index (χ1v) is 6.19. The maximum absolute atomic E-state index is 5.39. The Morgan fingerprint density at radius 1 is 1.31 bits per heavy atom. The molecule has 2 rings (SSSR count). The van der Waals surface area contributed by atoms with E-state index >= 15 is 0 Å². The summed E-state index contributed by atoms with van der Waals surface area (Å²) in [6.07, 6.45) is 5.23. The highest BCUT2D eigenvalue weighted by Crippen LogP contribution is 2.35. The zero-order valence-corrected chi connectivity index (χ0v) is 10.8. The van der Waals surface area contributed by atoms with Gasteiger partial charge in [0.15, 0.2) is 0 Å². The van der Waals surface area contributed by atoms with Crippen molar-refractivity contribution >= 4 is 11.3 Å². The van der Waals surface area contributed by atoms with Crippen LogP contribution in [0.4, 0.5) is 0 Å². The van der Waals surface area contributed by atoms with E-state index in [1.165, 1.54) is 4.88 Å². The van der Waals surface area contributed by atoms with E-state index < -0.39 is 0 Å². The monoisotopic (exact) mass is 236 g/mol. The zero-order valence-electron chi connectivity index (χ0n) is 10.0. The van der Waals surface area contributed by atoms with Crippen molar-refractivity contribution in [3.63, 3.8) is 0 Å². The number of hydrogen-bond acceptors (Lipinski definition) is 4. The summed E-state index contributed by atoms with van der Waals surface area (Å²) in [6, 6.07) is 0. The van der Waals surface area contributed by atoms with Crippen molar-refractivity contribution in [2.24, 2.45) is 0 Å². The molecule has 86 valence electrons. The van der Waals surface area contributed by atoms with E-state index in [1.54, 1.807) is 23.8 Å². The summed E-state index contributed by atoms with van der Waals surface area (Å²) in [5.41, 5.74) is -0.200. The minimum Gasteiger partial charge on any atom is -0.448 e. The van der Waals surface area contributed by atoms with Gasteiger partial charge in [0, 0.05) is 17.0 Å². The lowest BCUT2D eigenvalue weighted by Crippen LogP contribution is -2.17. The first-order valence-electron chi connectivity index (χ1n) is 5.38. The molecule has 0 unspecified atom stereocenters. The van der Waals surface area contributed by atoms with E-state index in [1.807, 2.05) is 6.20 Å². The molecule has 0 aliphatic carbocycles. The molecule has 0 saturated carbocycles. The van der Waals surface area contributed by atoms with Gasteiger partial charge in [0.05, 0.1) is 16.6 Å². The third-order valence-corrected chi connectivity index (χ3v) is 4.22. The van der Waals surface area contributed by atoms with Crippen LogP contribution >= 0.6 is 11.3 Å². The summed E-state index contributed by atoms with van der Waals surface area (Å²) in [5, 5.41) is 1.16. The highest BCUT2D eigenvalue weighted by atomic mass is 32.1. The van der Waals surface area contributed by atoms with Crippen LogP contribution in [-0.2, 0) is 5.41 Å². The molecule has 4 heteroatoms. The second-order valence-corrected chi connectivity index (χ2v) is 5.74. The number of oxazole rings is 1. The molecule has 0 spiro atoms. The first-order chi connectivity index (χ1) is 7.51. The lowest BCUT2D eigenvalue weighted by Gasteiger charge is -2.17. The number of hydrogen-bond donors (Lipinski definition) is 0. The van der Waals surface area contributed by atoms with Gasteiger partial charge < -0.3 is 4.42 Å². The second kappa shape index (κ2) is 4.01. The fraction of sp³-hybridized carbons (Fsp3) is 0.500. The van der Waals surface area contributed by atoms with E-state index in [0.29, 0.717) is 5.92 Å². The molecule has 0 bridgehead atoms. The summed E-state index contributed by atoms with van der Waals surface area (Å²) >= 11 is 1.74. The van der Waals surface area contributed by atoms with Crippen LogP contribution in [0.15, 0.2) is 23.1 Å². The van der Waals surface area contributed by atoms with Gasteiger partial charge in [0.2, 0.25) is 5.89 Å². The highest BCUT2D eigenvalue weighted by molar-refractivity contribution is 7.11. The van der Waals surface area contributed by atoms with Gasteiger partial charge >= 0.3 is 0 Å². The molecule has 16 heavy (non-hydrogen) atoms. The topological polar surface area (TPSA) is 38.9 Å². The summed E-state index contributed by atoms with van der Waals surface area (Å²) in [4.78, 5) is 9.86. The minimum atomic E-state index is -0.200. The van der Waals surface area contributed by atoms with Crippen LogP contribution in [0, 0.1) is 0 Å². The second-order valence-electron chi connectivity index (χ2n) is 4.68. The van der Waals surface area contributed by atoms with Crippen molar-refractivity contribution in [3.05, 3.63) is 34.4 Å². The summed E-state index contributed by atoms with van der Waals surface area (Å²) in [6.45, 7) is 8.52. The van der Waals surface area contributed by atoms with Gasteiger partial charge in [-0.15, -0.1) is 11.3 Å². The van der Waals surface area contributed by atoms with Gasteiger partial charge in [-0.25, -0.2) is 9.97 Å². The highest BCUT2D eigenvalue weighted by Gasteiger charge is 2.30. The average Bonchev–Trinajstić information content (AvgIpc) is 2.90. The Balaban J connectivity index is 2.36. The largest absolute Gasteiger partial charge is 0.448 e. The molecule has 2 heterocycles. The summed E-state index contributed by atoms with van der Waals surface area (Å²) in [5.74, 6) is 1.21. The lowest BCUT2D eigenvalue weighted by atomic mass is 9.92. The molecule has 0 aliphatic rings. The molecular weight excluding hydrogens is 220 g/mol. The van der Waals surface area contributed by atoms with Crippen molar-refractivity contribution in [2.75, 3.05) is 0 Å². The number of thiazole rings is 1. The van der Waals surface area contributed by atoms with Gasteiger partial charge in [-0.1, -0.05) is 13.8 Å². The van der Waals surface area contributed by atoms with Crippen LogP contribution < -0.4 is 0 Å². The van der Waals surface area contributed by atoms with Crippen LogP contribution in [0.2, 0.25) is 0 Å². The van der Waals surface area contributed by atoms with Crippen LogP contribution in [0.1, 0.15) is 49.4 Å². The van der Waals surface area contributed by atoms with Crippen LogP contribution in [0.3, 0.4) is 0 Å². The van der Waals surface area contributed by atoms with E-state index in [2.05, 4.69) is 37.7 Å². The first kappa shape index (κ1) is 11.3. The van der Waals surface area contributed by atoms with Crippen LogP contribution in [0.5, 0.6) is 0 Å². The Morgan fingerprint density at radius 2 is 2.06 bits per heavy atom.